The summed E-state index contributed by atoms with van der Waals surface area (Å²) < 4.78 is 10.6. The maximum absolute atomic E-state index is 12.5. The molecule has 0 bridgehead atoms. The third kappa shape index (κ3) is 5.71. The van der Waals surface area contributed by atoms with Gasteiger partial charge in [-0.3, -0.25) is 9.69 Å². The fourth-order valence-electron chi connectivity index (χ4n) is 3.41. The van der Waals surface area contributed by atoms with Gasteiger partial charge in [-0.1, -0.05) is 30.3 Å². The van der Waals surface area contributed by atoms with Crippen molar-refractivity contribution in [1.29, 1.82) is 0 Å². The fourth-order valence-corrected chi connectivity index (χ4v) is 3.41. The standard InChI is InChI=1S/C22H29N3O3/c1-27-19-8-9-21(28-2)20(16-19)23-22(26)17-25-14-12-24(13-15-25)11-10-18-6-4-3-5-7-18/h3-9,16H,10-15,17H2,1-2H3,(H,23,26). The third-order valence-electron chi connectivity index (χ3n) is 5.07. The molecular weight excluding hydrogens is 354 g/mol. The number of anilines is 1. The highest BCUT2D eigenvalue weighted by Gasteiger charge is 2.19. The minimum atomic E-state index is -0.0377. The number of nitrogens with zero attached hydrogens (tertiary/aromatic N) is 2. The van der Waals surface area contributed by atoms with Crippen molar-refractivity contribution in [1.82, 2.24) is 9.80 Å². The third-order valence-corrected chi connectivity index (χ3v) is 5.07. The van der Waals surface area contributed by atoms with E-state index in [2.05, 4.69) is 45.4 Å². The molecule has 1 aliphatic rings. The zero-order valence-corrected chi connectivity index (χ0v) is 16.7. The zero-order valence-electron chi connectivity index (χ0n) is 16.7. The van der Waals surface area contributed by atoms with E-state index in [9.17, 15) is 4.79 Å². The van der Waals surface area contributed by atoms with Gasteiger partial charge >= 0.3 is 0 Å². The van der Waals surface area contributed by atoms with Crippen LogP contribution in [0.4, 0.5) is 5.69 Å². The van der Waals surface area contributed by atoms with Crippen LogP contribution in [0.25, 0.3) is 0 Å². The molecule has 1 fully saturated rings. The normalized spacial score (nSPS) is 15.2. The van der Waals surface area contributed by atoms with Crippen molar-refractivity contribution >= 4 is 11.6 Å². The van der Waals surface area contributed by atoms with E-state index < -0.39 is 0 Å². The van der Waals surface area contributed by atoms with E-state index in [1.54, 1.807) is 26.4 Å². The van der Waals surface area contributed by atoms with Crippen LogP contribution in [0.15, 0.2) is 48.5 Å². The monoisotopic (exact) mass is 383 g/mol. The molecule has 2 aromatic carbocycles. The molecule has 0 aliphatic carbocycles. The minimum Gasteiger partial charge on any atom is -0.497 e. The molecule has 0 radical (unpaired) electrons. The predicted octanol–water partition coefficient (Wildman–Crippen LogP) is 2.50. The summed E-state index contributed by atoms with van der Waals surface area (Å²) in [6, 6.07) is 15.9. The summed E-state index contributed by atoms with van der Waals surface area (Å²) in [7, 11) is 3.19. The highest BCUT2D eigenvalue weighted by Crippen LogP contribution is 2.28. The molecule has 1 N–H and O–H groups in total. The van der Waals surface area contributed by atoms with Gasteiger partial charge in [-0.15, -0.1) is 0 Å². The van der Waals surface area contributed by atoms with Gasteiger partial charge < -0.3 is 19.7 Å². The molecule has 3 rings (SSSR count). The van der Waals surface area contributed by atoms with Crippen molar-refractivity contribution < 1.29 is 14.3 Å². The second-order valence-corrected chi connectivity index (χ2v) is 6.97. The number of rotatable bonds is 8. The molecule has 1 amide bonds. The van der Waals surface area contributed by atoms with Crippen molar-refractivity contribution in [2.24, 2.45) is 0 Å². The second kappa shape index (κ2) is 10.1. The fraction of sp³-hybridized carbons (Fsp3) is 0.409. The maximum Gasteiger partial charge on any atom is 0.238 e. The minimum absolute atomic E-state index is 0.0377. The molecule has 150 valence electrons. The topological polar surface area (TPSA) is 54.0 Å². The molecule has 2 aromatic rings. The van der Waals surface area contributed by atoms with E-state index in [4.69, 9.17) is 9.47 Å². The molecule has 0 saturated carbocycles. The molecule has 0 aromatic heterocycles. The summed E-state index contributed by atoms with van der Waals surface area (Å²) in [5, 5.41) is 2.94. The van der Waals surface area contributed by atoms with Crippen LogP contribution < -0.4 is 14.8 Å². The maximum atomic E-state index is 12.5. The van der Waals surface area contributed by atoms with E-state index in [1.807, 2.05) is 6.07 Å². The first-order valence-corrected chi connectivity index (χ1v) is 9.68. The lowest BCUT2D eigenvalue weighted by atomic mass is 10.1. The van der Waals surface area contributed by atoms with Crippen molar-refractivity contribution in [3.05, 3.63) is 54.1 Å². The van der Waals surface area contributed by atoms with Gasteiger partial charge in [0.25, 0.3) is 0 Å². The number of nitrogens with one attached hydrogen (secondary N) is 1. The zero-order chi connectivity index (χ0) is 19.8. The Balaban J connectivity index is 1.44. The molecule has 1 saturated heterocycles. The van der Waals surface area contributed by atoms with Crippen molar-refractivity contribution in [3.8, 4) is 11.5 Å². The number of ether oxygens (including phenoxy) is 2. The Morgan fingerprint density at radius 1 is 0.964 bits per heavy atom. The average molecular weight is 383 g/mol. The van der Waals surface area contributed by atoms with Crippen LogP contribution in [0.3, 0.4) is 0 Å². The SMILES string of the molecule is COc1ccc(OC)c(NC(=O)CN2CCN(CCc3ccccc3)CC2)c1. The summed E-state index contributed by atoms with van der Waals surface area (Å²) in [5.41, 5.74) is 2.00. The van der Waals surface area contributed by atoms with E-state index in [-0.39, 0.29) is 5.91 Å². The number of piperazine rings is 1. The molecule has 1 heterocycles. The largest absolute Gasteiger partial charge is 0.497 e. The van der Waals surface area contributed by atoms with Gasteiger partial charge in [0.05, 0.1) is 26.5 Å². The number of amides is 1. The van der Waals surface area contributed by atoms with Gasteiger partial charge in [0, 0.05) is 38.8 Å². The second-order valence-electron chi connectivity index (χ2n) is 6.97. The molecule has 6 nitrogen and oxygen atoms in total. The lowest BCUT2D eigenvalue weighted by molar-refractivity contribution is -0.117. The Hall–Kier alpha value is -2.57. The Morgan fingerprint density at radius 2 is 1.68 bits per heavy atom. The summed E-state index contributed by atoms with van der Waals surface area (Å²) in [5.74, 6) is 1.27. The molecule has 0 spiro atoms. The smallest absolute Gasteiger partial charge is 0.238 e. The number of hydrogen-bond donors (Lipinski definition) is 1. The van der Waals surface area contributed by atoms with Gasteiger partial charge in [0.1, 0.15) is 11.5 Å². The first kappa shape index (κ1) is 20.2. The number of carbonyl (C=O) groups is 1. The van der Waals surface area contributed by atoms with Gasteiger partial charge in [0.15, 0.2) is 0 Å². The van der Waals surface area contributed by atoms with Crippen molar-refractivity contribution in [2.45, 2.75) is 6.42 Å². The highest BCUT2D eigenvalue weighted by molar-refractivity contribution is 5.94. The van der Waals surface area contributed by atoms with Gasteiger partial charge in [-0.05, 0) is 24.1 Å². The van der Waals surface area contributed by atoms with Crippen LogP contribution in [0.5, 0.6) is 11.5 Å². The molecule has 0 unspecified atom stereocenters. The summed E-state index contributed by atoms with van der Waals surface area (Å²) in [6.45, 7) is 5.22. The van der Waals surface area contributed by atoms with E-state index in [0.29, 0.717) is 23.7 Å². The van der Waals surface area contributed by atoms with Gasteiger partial charge in [-0.25, -0.2) is 0 Å². The van der Waals surface area contributed by atoms with E-state index in [0.717, 1.165) is 39.1 Å². The van der Waals surface area contributed by atoms with E-state index >= 15 is 0 Å². The van der Waals surface area contributed by atoms with Gasteiger partial charge in [-0.2, -0.15) is 0 Å². The Bertz CT molecular complexity index is 759. The summed E-state index contributed by atoms with van der Waals surface area (Å²) in [4.78, 5) is 17.1. The van der Waals surface area contributed by atoms with Crippen LogP contribution in [0, 0.1) is 0 Å². The van der Waals surface area contributed by atoms with Crippen molar-refractivity contribution in [2.75, 3.05) is 58.8 Å². The Labute approximate surface area is 167 Å². The first-order chi connectivity index (χ1) is 13.7. The van der Waals surface area contributed by atoms with Crippen LogP contribution >= 0.6 is 0 Å². The van der Waals surface area contributed by atoms with Crippen LogP contribution in [-0.2, 0) is 11.2 Å². The lowest BCUT2D eigenvalue weighted by Gasteiger charge is -2.34. The predicted molar refractivity (Wildman–Crippen MR) is 111 cm³/mol. The van der Waals surface area contributed by atoms with Crippen LogP contribution in [0.1, 0.15) is 5.56 Å². The quantitative estimate of drug-likeness (QED) is 0.759. The molecule has 1 aliphatic heterocycles. The summed E-state index contributed by atoms with van der Waals surface area (Å²) >= 11 is 0. The number of carbonyl (C=O) groups excluding carboxylic acids is 1. The summed E-state index contributed by atoms with van der Waals surface area (Å²) in [6.07, 6.45) is 1.07. The number of hydrogen-bond acceptors (Lipinski definition) is 5. The average Bonchev–Trinajstić information content (AvgIpc) is 2.74. The van der Waals surface area contributed by atoms with Gasteiger partial charge in [0.2, 0.25) is 5.91 Å². The Kier molecular flexibility index (Phi) is 7.28. The molecular formula is C22H29N3O3. The number of methoxy groups -OCH3 is 2. The van der Waals surface area contributed by atoms with Crippen LogP contribution in [-0.4, -0.2) is 69.2 Å². The highest BCUT2D eigenvalue weighted by atomic mass is 16.5. The molecule has 6 heteroatoms. The number of benzene rings is 2. The van der Waals surface area contributed by atoms with Crippen LogP contribution in [0.2, 0.25) is 0 Å². The lowest BCUT2D eigenvalue weighted by Crippen LogP contribution is -2.49. The van der Waals surface area contributed by atoms with E-state index in [1.165, 1.54) is 5.56 Å². The molecule has 0 atom stereocenters. The van der Waals surface area contributed by atoms with Crippen molar-refractivity contribution in [3.63, 3.8) is 0 Å². The Morgan fingerprint density at radius 3 is 2.36 bits per heavy atom. The molecule has 28 heavy (non-hydrogen) atoms. The first-order valence-electron chi connectivity index (χ1n) is 9.68.